The van der Waals surface area contributed by atoms with E-state index in [0.29, 0.717) is 5.69 Å². The van der Waals surface area contributed by atoms with E-state index >= 15 is 0 Å². The Morgan fingerprint density at radius 3 is 2.26 bits per heavy atom. The quantitative estimate of drug-likeness (QED) is 0.464. The second-order valence-electron chi connectivity index (χ2n) is 6.23. The predicted octanol–water partition coefficient (Wildman–Crippen LogP) is 4.36. The van der Waals surface area contributed by atoms with E-state index in [-0.39, 0.29) is 16.3 Å². The van der Waals surface area contributed by atoms with E-state index in [1.165, 1.54) is 13.0 Å². The van der Waals surface area contributed by atoms with Crippen LogP contribution in [0, 0.1) is 30.9 Å². The SMILES string of the molecule is Cc1cc(C)c(NC(=O)C(C)OC(=O)c2ccc([N+](=O)[O-])cc2Cl)c(C)c1. The molecule has 8 heteroatoms. The first-order valence-corrected chi connectivity index (χ1v) is 8.51. The Labute approximate surface area is 161 Å². The normalized spacial score (nSPS) is 11.6. The molecule has 1 atom stereocenters. The van der Waals surface area contributed by atoms with Gasteiger partial charge in [0.25, 0.3) is 11.6 Å². The molecule has 0 aliphatic rings. The third-order valence-corrected chi connectivity index (χ3v) is 4.27. The van der Waals surface area contributed by atoms with Gasteiger partial charge in [0.1, 0.15) is 0 Å². The van der Waals surface area contributed by atoms with Gasteiger partial charge in [-0.2, -0.15) is 0 Å². The number of esters is 1. The lowest BCUT2D eigenvalue weighted by Gasteiger charge is -2.17. The third kappa shape index (κ3) is 4.83. The molecular formula is C19H19ClN2O5. The van der Waals surface area contributed by atoms with Gasteiger partial charge in [-0.15, -0.1) is 0 Å². The minimum absolute atomic E-state index is 0.0513. The molecular weight excluding hydrogens is 372 g/mol. The molecule has 0 saturated heterocycles. The summed E-state index contributed by atoms with van der Waals surface area (Å²) in [4.78, 5) is 34.7. The maximum absolute atomic E-state index is 12.4. The lowest BCUT2D eigenvalue weighted by atomic mass is 10.0. The average Bonchev–Trinajstić information content (AvgIpc) is 2.57. The van der Waals surface area contributed by atoms with E-state index in [1.807, 2.05) is 32.9 Å². The van der Waals surface area contributed by atoms with E-state index in [2.05, 4.69) is 5.32 Å². The lowest BCUT2D eigenvalue weighted by molar-refractivity contribution is -0.384. The van der Waals surface area contributed by atoms with Crippen molar-refractivity contribution in [2.45, 2.75) is 33.8 Å². The first-order chi connectivity index (χ1) is 12.6. The molecule has 27 heavy (non-hydrogen) atoms. The average molecular weight is 391 g/mol. The van der Waals surface area contributed by atoms with Gasteiger partial charge in [-0.25, -0.2) is 4.79 Å². The summed E-state index contributed by atoms with van der Waals surface area (Å²) in [6, 6.07) is 7.28. The van der Waals surface area contributed by atoms with Crippen molar-refractivity contribution in [2.75, 3.05) is 5.32 Å². The van der Waals surface area contributed by atoms with Gasteiger partial charge in [0, 0.05) is 17.8 Å². The molecule has 0 spiro atoms. The number of halogens is 1. The summed E-state index contributed by atoms with van der Waals surface area (Å²) in [5.74, 6) is -1.33. The van der Waals surface area contributed by atoms with Crippen LogP contribution in [0.2, 0.25) is 5.02 Å². The number of benzene rings is 2. The third-order valence-electron chi connectivity index (χ3n) is 3.96. The van der Waals surface area contributed by atoms with Crippen molar-refractivity contribution in [1.29, 1.82) is 0 Å². The van der Waals surface area contributed by atoms with E-state index in [9.17, 15) is 19.7 Å². The number of nitro benzene ring substituents is 1. The number of nitrogens with one attached hydrogen (secondary N) is 1. The molecule has 0 aliphatic heterocycles. The maximum atomic E-state index is 12.4. The molecule has 0 heterocycles. The fourth-order valence-corrected chi connectivity index (χ4v) is 2.91. The number of carbonyl (C=O) groups is 2. The first kappa shape index (κ1) is 20.4. The summed E-state index contributed by atoms with van der Waals surface area (Å²) in [7, 11) is 0. The monoisotopic (exact) mass is 390 g/mol. The number of non-ortho nitro benzene ring substituents is 1. The minimum atomic E-state index is -1.08. The fourth-order valence-electron chi connectivity index (χ4n) is 2.66. The van der Waals surface area contributed by atoms with E-state index in [1.54, 1.807) is 0 Å². The Kier molecular flexibility index (Phi) is 6.17. The van der Waals surface area contributed by atoms with Crippen molar-refractivity contribution in [2.24, 2.45) is 0 Å². The van der Waals surface area contributed by atoms with Gasteiger partial charge in [0.15, 0.2) is 6.10 Å². The molecule has 0 fully saturated rings. The predicted molar refractivity (Wildman–Crippen MR) is 102 cm³/mol. The van der Waals surface area contributed by atoms with Crippen molar-refractivity contribution in [3.05, 3.63) is 67.7 Å². The fraction of sp³-hybridized carbons (Fsp3) is 0.263. The number of rotatable bonds is 5. The molecule has 0 aliphatic carbocycles. The van der Waals surface area contributed by atoms with Crippen LogP contribution in [0.25, 0.3) is 0 Å². The number of nitro groups is 1. The van der Waals surface area contributed by atoms with Crippen LogP contribution < -0.4 is 5.32 Å². The molecule has 1 unspecified atom stereocenters. The number of amides is 1. The highest BCUT2D eigenvalue weighted by Crippen LogP contribution is 2.24. The Morgan fingerprint density at radius 1 is 1.15 bits per heavy atom. The highest BCUT2D eigenvalue weighted by atomic mass is 35.5. The van der Waals surface area contributed by atoms with E-state index in [0.717, 1.165) is 28.8 Å². The Balaban J connectivity index is 2.10. The van der Waals surface area contributed by atoms with Crippen LogP contribution in [-0.4, -0.2) is 22.9 Å². The zero-order valence-corrected chi connectivity index (χ0v) is 16.1. The smallest absolute Gasteiger partial charge is 0.340 e. The van der Waals surface area contributed by atoms with Crippen molar-refractivity contribution >= 4 is 34.9 Å². The topological polar surface area (TPSA) is 98.5 Å². The molecule has 0 saturated carbocycles. The standard InChI is InChI=1S/C19H19ClN2O5/c1-10-7-11(2)17(12(3)8-10)21-18(23)13(4)27-19(24)15-6-5-14(22(25)26)9-16(15)20/h5-9,13H,1-4H3,(H,21,23). The number of carbonyl (C=O) groups excluding carboxylic acids is 2. The summed E-state index contributed by atoms with van der Waals surface area (Å²) in [5, 5.41) is 13.4. The van der Waals surface area contributed by atoms with Gasteiger partial charge >= 0.3 is 5.97 Å². The second kappa shape index (κ2) is 8.18. The molecule has 2 aromatic rings. The summed E-state index contributed by atoms with van der Waals surface area (Å²) in [6.07, 6.45) is -1.08. The molecule has 0 bridgehead atoms. The Bertz CT molecular complexity index is 903. The Morgan fingerprint density at radius 2 is 1.74 bits per heavy atom. The van der Waals surface area contributed by atoms with E-state index in [4.69, 9.17) is 16.3 Å². The largest absolute Gasteiger partial charge is 0.449 e. The zero-order valence-electron chi connectivity index (χ0n) is 15.3. The molecule has 0 aromatic heterocycles. The zero-order chi connectivity index (χ0) is 20.3. The van der Waals surface area contributed by atoms with Crippen LogP contribution in [0.4, 0.5) is 11.4 Å². The summed E-state index contributed by atoms with van der Waals surface area (Å²) in [5.41, 5.74) is 3.25. The van der Waals surface area contributed by atoms with Crippen LogP contribution in [-0.2, 0) is 9.53 Å². The number of ether oxygens (including phenoxy) is 1. The van der Waals surface area contributed by atoms with Crippen molar-refractivity contribution < 1.29 is 19.2 Å². The van der Waals surface area contributed by atoms with Gasteiger partial charge in [-0.3, -0.25) is 14.9 Å². The van der Waals surface area contributed by atoms with Crippen LogP contribution in [0.5, 0.6) is 0 Å². The number of aryl methyl sites for hydroxylation is 3. The second-order valence-corrected chi connectivity index (χ2v) is 6.64. The minimum Gasteiger partial charge on any atom is -0.449 e. The molecule has 2 rings (SSSR count). The molecule has 0 radical (unpaired) electrons. The highest BCUT2D eigenvalue weighted by Gasteiger charge is 2.22. The van der Waals surface area contributed by atoms with E-state index < -0.39 is 22.9 Å². The van der Waals surface area contributed by atoms with Crippen molar-refractivity contribution in [3.8, 4) is 0 Å². The van der Waals surface area contributed by atoms with Gasteiger partial charge < -0.3 is 10.1 Å². The summed E-state index contributed by atoms with van der Waals surface area (Å²) in [6.45, 7) is 7.15. The highest BCUT2D eigenvalue weighted by molar-refractivity contribution is 6.33. The van der Waals surface area contributed by atoms with Gasteiger partial charge in [0.2, 0.25) is 0 Å². The number of anilines is 1. The summed E-state index contributed by atoms with van der Waals surface area (Å²) >= 11 is 5.91. The maximum Gasteiger partial charge on any atom is 0.340 e. The number of hydrogen-bond donors (Lipinski definition) is 1. The molecule has 7 nitrogen and oxygen atoms in total. The molecule has 1 amide bonds. The van der Waals surface area contributed by atoms with Gasteiger partial charge in [-0.1, -0.05) is 29.3 Å². The van der Waals surface area contributed by atoms with Crippen LogP contribution in [0.3, 0.4) is 0 Å². The summed E-state index contributed by atoms with van der Waals surface area (Å²) < 4.78 is 5.15. The van der Waals surface area contributed by atoms with Crippen LogP contribution >= 0.6 is 11.6 Å². The Hall–Kier alpha value is -2.93. The first-order valence-electron chi connectivity index (χ1n) is 8.13. The van der Waals surface area contributed by atoms with Crippen LogP contribution in [0.1, 0.15) is 34.0 Å². The molecule has 2 aromatic carbocycles. The van der Waals surface area contributed by atoms with Crippen LogP contribution in [0.15, 0.2) is 30.3 Å². The molecule has 1 N–H and O–H groups in total. The van der Waals surface area contributed by atoms with Crippen molar-refractivity contribution in [1.82, 2.24) is 0 Å². The van der Waals surface area contributed by atoms with Gasteiger partial charge in [0.05, 0.1) is 15.5 Å². The number of hydrogen-bond acceptors (Lipinski definition) is 5. The van der Waals surface area contributed by atoms with Gasteiger partial charge in [-0.05, 0) is 44.9 Å². The van der Waals surface area contributed by atoms with Crippen molar-refractivity contribution in [3.63, 3.8) is 0 Å². The lowest BCUT2D eigenvalue weighted by Crippen LogP contribution is -2.30. The molecule has 142 valence electrons. The number of nitrogens with zero attached hydrogens (tertiary/aromatic N) is 1.